The van der Waals surface area contributed by atoms with Gasteiger partial charge in [0, 0.05) is 17.5 Å². The van der Waals surface area contributed by atoms with Crippen molar-refractivity contribution in [3.05, 3.63) is 83.4 Å². The minimum absolute atomic E-state index is 0.0621. The number of hydrogen-bond acceptors (Lipinski definition) is 6. The smallest absolute Gasteiger partial charge is 0.217 e. The van der Waals surface area contributed by atoms with Crippen LogP contribution >= 0.6 is 0 Å². The molecule has 3 aromatic carbocycles. The second-order valence-electron chi connectivity index (χ2n) is 7.49. The highest BCUT2D eigenvalue weighted by Gasteiger charge is 2.42. The zero-order chi connectivity index (χ0) is 21.4. The number of nitrogens with zero attached hydrogens (tertiary/aromatic N) is 2. The molecule has 2 aliphatic heterocycles. The first-order chi connectivity index (χ1) is 15.2. The van der Waals surface area contributed by atoms with Crippen molar-refractivity contribution in [3.8, 4) is 23.0 Å². The number of methoxy groups -OCH3 is 3. The molecule has 6 nitrogen and oxygen atoms in total. The third-order valence-electron chi connectivity index (χ3n) is 5.80. The topological polar surface area (TPSA) is 52.5 Å². The van der Waals surface area contributed by atoms with Crippen LogP contribution in [0.1, 0.15) is 35.4 Å². The van der Waals surface area contributed by atoms with Gasteiger partial charge in [-0.1, -0.05) is 30.3 Å². The van der Waals surface area contributed by atoms with Gasteiger partial charge in [-0.3, -0.25) is 0 Å². The first-order valence-corrected chi connectivity index (χ1v) is 10.2. The molecule has 5 rings (SSSR count). The number of fused-ring (bicyclic) bond motifs is 3. The fourth-order valence-electron chi connectivity index (χ4n) is 4.25. The van der Waals surface area contributed by atoms with E-state index < -0.39 is 6.23 Å². The normalized spacial score (nSPS) is 19.1. The van der Waals surface area contributed by atoms with Crippen LogP contribution < -0.4 is 18.9 Å². The van der Waals surface area contributed by atoms with Crippen molar-refractivity contribution in [1.82, 2.24) is 5.01 Å². The lowest BCUT2D eigenvalue weighted by Crippen LogP contribution is -2.33. The Kier molecular flexibility index (Phi) is 4.90. The molecule has 6 heteroatoms. The van der Waals surface area contributed by atoms with E-state index >= 15 is 0 Å². The molecule has 0 radical (unpaired) electrons. The molecule has 3 aromatic rings. The molecule has 0 saturated carbocycles. The molecule has 0 spiro atoms. The maximum Gasteiger partial charge on any atom is 0.217 e. The number of hydrazone groups is 1. The highest BCUT2D eigenvalue weighted by Crippen LogP contribution is 2.49. The van der Waals surface area contributed by atoms with Gasteiger partial charge >= 0.3 is 0 Å². The van der Waals surface area contributed by atoms with E-state index in [1.807, 2.05) is 59.6 Å². The van der Waals surface area contributed by atoms with Crippen LogP contribution in [0, 0.1) is 0 Å². The Morgan fingerprint density at radius 1 is 0.839 bits per heavy atom. The van der Waals surface area contributed by atoms with Gasteiger partial charge in [-0.05, 0) is 36.4 Å². The summed E-state index contributed by atoms with van der Waals surface area (Å²) < 4.78 is 23.0. The van der Waals surface area contributed by atoms with Crippen molar-refractivity contribution < 1.29 is 18.9 Å². The summed E-state index contributed by atoms with van der Waals surface area (Å²) in [5.74, 6) is 3.15. The van der Waals surface area contributed by atoms with Gasteiger partial charge in [0.1, 0.15) is 23.0 Å². The summed E-state index contributed by atoms with van der Waals surface area (Å²) in [6.07, 6.45) is 0.337. The zero-order valence-corrected chi connectivity index (χ0v) is 17.7. The highest BCUT2D eigenvalue weighted by atomic mass is 16.5. The van der Waals surface area contributed by atoms with Crippen molar-refractivity contribution >= 4 is 5.71 Å². The van der Waals surface area contributed by atoms with Crippen LogP contribution in [0.3, 0.4) is 0 Å². The van der Waals surface area contributed by atoms with Crippen molar-refractivity contribution in [2.45, 2.75) is 18.7 Å². The van der Waals surface area contributed by atoms with Gasteiger partial charge in [-0.15, -0.1) is 0 Å². The number of ether oxygens (including phenoxy) is 4. The molecule has 158 valence electrons. The van der Waals surface area contributed by atoms with Crippen molar-refractivity contribution in [1.29, 1.82) is 0 Å². The first-order valence-electron chi connectivity index (χ1n) is 10.2. The third kappa shape index (κ3) is 3.34. The standard InChI is InChI=1S/C25H24N2O4/c1-28-17-8-6-7-16(13-17)21-15-22-19-9-4-5-10-24(19)31-25(27(22)26-21)20-14-18(29-2)11-12-23(20)30-3/h4-14,22,25H,15H2,1-3H3/t22-,25-/m1/s1. The molecule has 31 heavy (non-hydrogen) atoms. The van der Waals surface area contributed by atoms with E-state index in [0.717, 1.165) is 51.8 Å². The Balaban J connectivity index is 1.62. The van der Waals surface area contributed by atoms with Crippen LogP contribution in [0.2, 0.25) is 0 Å². The summed E-state index contributed by atoms with van der Waals surface area (Å²) >= 11 is 0. The average molecular weight is 416 g/mol. The Hall–Kier alpha value is -3.67. The van der Waals surface area contributed by atoms with Gasteiger partial charge in [-0.2, -0.15) is 5.10 Å². The van der Waals surface area contributed by atoms with E-state index in [4.69, 9.17) is 24.0 Å². The SMILES string of the molecule is COc1cccc(C2=NN3[C@H](C2)c2ccccc2O[C@@H]3c2cc(OC)ccc2OC)c1. The molecule has 0 unspecified atom stereocenters. The monoisotopic (exact) mass is 416 g/mol. The van der Waals surface area contributed by atoms with Crippen LogP contribution in [0.15, 0.2) is 71.8 Å². The average Bonchev–Trinajstić information content (AvgIpc) is 3.29. The van der Waals surface area contributed by atoms with Crippen molar-refractivity contribution in [2.24, 2.45) is 5.10 Å². The predicted molar refractivity (Wildman–Crippen MR) is 118 cm³/mol. The summed E-state index contributed by atoms with van der Waals surface area (Å²) in [4.78, 5) is 0. The summed E-state index contributed by atoms with van der Waals surface area (Å²) in [6.45, 7) is 0. The van der Waals surface area contributed by atoms with Gasteiger partial charge in [0.15, 0.2) is 0 Å². The fraction of sp³-hybridized carbons (Fsp3) is 0.240. The number of benzene rings is 3. The van der Waals surface area contributed by atoms with E-state index in [1.165, 1.54) is 0 Å². The number of rotatable bonds is 5. The molecule has 0 amide bonds. The molecule has 2 heterocycles. The van der Waals surface area contributed by atoms with Crippen LogP contribution in [-0.2, 0) is 0 Å². The summed E-state index contributed by atoms with van der Waals surface area (Å²) in [5, 5.41) is 7.05. The van der Waals surface area contributed by atoms with Crippen molar-refractivity contribution in [2.75, 3.05) is 21.3 Å². The molecule has 0 aromatic heterocycles. The van der Waals surface area contributed by atoms with Gasteiger partial charge in [0.25, 0.3) is 0 Å². The molecule has 2 atom stereocenters. The molecule has 0 saturated heterocycles. The Morgan fingerprint density at radius 2 is 1.65 bits per heavy atom. The lowest BCUT2D eigenvalue weighted by atomic mass is 9.95. The van der Waals surface area contributed by atoms with E-state index in [1.54, 1.807) is 21.3 Å². The van der Waals surface area contributed by atoms with Crippen molar-refractivity contribution in [3.63, 3.8) is 0 Å². The first kappa shape index (κ1) is 19.3. The molecular weight excluding hydrogens is 392 g/mol. The molecule has 2 aliphatic rings. The quantitative estimate of drug-likeness (QED) is 0.589. The van der Waals surface area contributed by atoms with E-state index in [9.17, 15) is 0 Å². The minimum atomic E-state index is -0.437. The molecule has 0 fully saturated rings. The second-order valence-corrected chi connectivity index (χ2v) is 7.49. The van der Waals surface area contributed by atoms with Gasteiger partial charge in [0.05, 0.1) is 38.6 Å². The maximum absolute atomic E-state index is 6.46. The van der Waals surface area contributed by atoms with Crippen LogP contribution in [0.5, 0.6) is 23.0 Å². The van der Waals surface area contributed by atoms with Gasteiger partial charge < -0.3 is 18.9 Å². The molecule has 0 N–H and O–H groups in total. The highest BCUT2D eigenvalue weighted by molar-refractivity contribution is 6.02. The molecular formula is C25H24N2O4. The van der Waals surface area contributed by atoms with Crippen LogP contribution in [0.4, 0.5) is 0 Å². The lowest BCUT2D eigenvalue weighted by Gasteiger charge is -2.38. The van der Waals surface area contributed by atoms with E-state index in [0.29, 0.717) is 0 Å². The largest absolute Gasteiger partial charge is 0.497 e. The third-order valence-corrected chi connectivity index (χ3v) is 5.80. The van der Waals surface area contributed by atoms with Crippen LogP contribution in [-0.4, -0.2) is 32.0 Å². The minimum Gasteiger partial charge on any atom is -0.497 e. The number of hydrogen-bond donors (Lipinski definition) is 0. The fourth-order valence-corrected chi connectivity index (χ4v) is 4.25. The number of para-hydroxylation sites is 1. The summed E-state index contributed by atoms with van der Waals surface area (Å²) in [5.41, 5.74) is 4.04. The second kappa shape index (κ2) is 7.87. The van der Waals surface area contributed by atoms with E-state index in [2.05, 4.69) is 12.1 Å². The summed E-state index contributed by atoms with van der Waals surface area (Å²) in [7, 11) is 4.99. The van der Waals surface area contributed by atoms with Gasteiger partial charge in [0.2, 0.25) is 6.23 Å². The predicted octanol–water partition coefficient (Wildman–Crippen LogP) is 4.95. The summed E-state index contributed by atoms with van der Waals surface area (Å²) in [6, 6.07) is 21.9. The van der Waals surface area contributed by atoms with Gasteiger partial charge in [-0.25, -0.2) is 5.01 Å². The lowest BCUT2D eigenvalue weighted by molar-refractivity contribution is -0.0204. The molecule has 0 aliphatic carbocycles. The van der Waals surface area contributed by atoms with E-state index in [-0.39, 0.29) is 6.04 Å². The molecule has 0 bridgehead atoms. The van der Waals surface area contributed by atoms with Crippen LogP contribution in [0.25, 0.3) is 0 Å². The Labute approximate surface area is 181 Å². The Bertz CT molecular complexity index is 1140. The zero-order valence-electron chi connectivity index (χ0n) is 17.7. The maximum atomic E-state index is 6.46. The Morgan fingerprint density at radius 3 is 2.45 bits per heavy atom.